The molecule has 0 saturated carbocycles. The Morgan fingerprint density at radius 2 is 1.83 bits per heavy atom. The molecule has 4 nitrogen and oxygen atoms in total. The second-order valence-electron chi connectivity index (χ2n) is 5.83. The average Bonchev–Trinajstić information content (AvgIpc) is 3.01. The van der Waals surface area contributed by atoms with Gasteiger partial charge in [-0.25, -0.2) is 4.98 Å². The number of hydrogen-bond donors (Lipinski definition) is 1. The van der Waals surface area contributed by atoms with Crippen molar-refractivity contribution in [1.29, 1.82) is 0 Å². The van der Waals surface area contributed by atoms with Gasteiger partial charge in [0.1, 0.15) is 5.82 Å². The van der Waals surface area contributed by atoms with Crippen LogP contribution in [0.3, 0.4) is 0 Å². The summed E-state index contributed by atoms with van der Waals surface area (Å²) in [6.07, 6.45) is 1.03. The quantitative estimate of drug-likeness (QED) is 0.694. The Balaban J connectivity index is 1.69. The van der Waals surface area contributed by atoms with Crippen molar-refractivity contribution in [3.8, 4) is 0 Å². The molecule has 1 aliphatic heterocycles. The van der Waals surface area contributed by atoms with Gasteiger partial charge in [-0.1, -0.05) is 30.3 Å². The summed E-state index contributed by atoms with van der Waals surface area (Å²) in [6.45, 7) is 2.91. The molecule has 1 aromatic heterocycles. The summed E-state index contributed by atoms with van der Waals surface area (Å²) >= 11 is 3.56. The normalized spacial score (nSPS) is 13.0. The van der Waals surface area contributed by atoms with Gasteiger partial charge < -0.3 is 10.2 Å². The standard InChI is InChI=1S/C19H17BrN4/c1-13-12-18(22-16-8-4-3-7-15(16)20)23-19(21-13)24-11-10-14-6-2-5-9-17(14)24/h2-9,12H,10-11H2,1H3,(H,21,22,23). The molecule has 0 bridgehead atoms. The maximum Gasteiger partial charge on any atom is 0.232 e. The molecule has 24 heavy (non-hydrogen) atoms. The first-order chi connectivity index (χ1) is 11.7. The second kappa shape index (κ2) is 6.24. The minimum absolute atomic E-state index is 0.745. The van der Waals surface area contributed by atoms with Gasteiger partial charge in [-0.05, 0) is 53.0 Å². The van der Waals surface area contributed by atoms with E-state index < -0.39 is 0 Å². The van der Waals surface area contributed by atoms with Crippen molar-refractivity contribution in [2.45, 2.75) is 13.3 Å². The third kappa shape index (κ3) is 2.87. The molecule has 0 atom stereocenters. The van der Waals surface area contributed by atoms with Crippen molar-refractivity contribution in [1.82, 2.24) is 9.97 Å². The first kappa shape index (κ1) is 15.1. The van der Waals surface area contributed by atoms with Crippen LogP contribution in [-0.2, 0) is 6.42 Å². The molecule has 5 heteroatoms. The van der Waals surface area contributed by atoms with Crippen molar-refractivity contribution in [2.75, 3.05) is 16.8 Å². The van der Waals surface area contributed by atoms with E-state index in [-0.39, 0.29) is 0 Å². The minimum Gasteiger partial charge on any atom is -0.339 e. The number of fused-ring (bicyclic) bond motifs is 1. The molecule has 0 unspecified atom stereocenters. The molecule has 4 rings (SSSR count). The van der Waals surface area contributed by atoms with Gasteiger partial charge in [-0.2, -0.15) is 4.98 Å². The van der Waals surface area contributed by atoms with Crippen molar-refractivity contribution in [2.24, 2.45) is 0 Å². The SMILES string of the molecule is Cc1cc(Nc2ccccc2Br)nc(N2CCc3ccccc32)n1. The average molecular weight is 381 g/mol. The maximum atomic E-state index is 4.73. The van der Waals surface area contributed by atoms with E-state index >= 15 is 0 Å². The van der Waals surface area contributed by atoms with Crippen LogP contribution in [0, 0.1) is 6.92 Å². The van der Waals surface area contributed by atoms with Crippen LogP contribution in [0.1, 0.15) is 11.3 Å². The van der Waals surface area contributed by atoms with E-state index in [0.29, 0.717) is 0 Å². The molecule has 0 amide bonds. The zero-order valence-corrected chi connectivity index (χ0v) is 14.9. The number of halogens is 1. The monoisotopic (exact) mass is 380 g/mol. The zero-order valence-electron chi connectivity index (χ0n) is 13.3. The van der Waals surface area contributed by atoms with Gasteiger partial charge in [0.05, 0.1) is 5.69 Å². The van der Waals surface area contributed by atoms with Crippen LogP contribution in [0.25, 0.3) is 0 Å². The molecule has 1 N–H and O–H groups in total. The van der Waals surface area contributed by atoms with E-state index in [1.54, 1.807) is 0 Å². The van der Waals surface area contributed by atoms with Gasteiger partial charge in [0.25, 0.3) is 0 Å². The summed E-state index contributed by atoms with van der Waals surface area (Å²) in [4.78, 5) is 11.6. The molecule has 0 spiro atoms. The van der Waals surface area contributed by atoms with Crippen molar-refractivity contribution in [3.63, 3.8) is 0 Å². The number of rotatable bonds is 3. The fourth-order valence-corrected chi connectivity index (χ4v) is 3.37. The number of benzene rings is 2. The number of nitrogens with zero attached hydrogens (tertiary/aromatic N) is 3. The minimum atomic E-state index is 0.745. The highest BCUT2D eigenvalue weighted by Gasteiger charge is 2.22. The topological polar surface area (TPSA) is 41.1 Å². The number of aryl methyl sites for hydroxylation is 1. The van der Waals surface area contributed by atoms with Crippen LogP contribution < -0.4 is 10.2 Å². The Morgan fingerprint density at radius 1 is 1.04 bits per heavy atom. The summed E-state index contributed by atoms with van der Waals surface area (Å²) in [5, 5.41) is 3.38. The molecule has 0 fully saturated rings. The van der Waals surface area contributed by atoms with Gasteiger partial charge in [-0.15, -0.1) is 0 Å². The Labute approximate surface area is 149 Å². The largest absolute Gasteiger partial charge is 0.339 e. The molecular formula is C19H17BrN4. The lowest BCUT2D eigenvalue weighted by Gasteiger charge is -2.19. The van der Waals surface area contributed by atoms with Crippen LogP contribution in [0.2, 0.25) is 0 Å². The first-order valence-corrected chi connectivity index (χ1v) is 8.73. The smallest absolute Gasteiger partial charge is 0.232 e. The lowest BCUT2D eigenvalue weighted by atomic mass is 10.2. The molecule has 2 heterocycles. The van der Waals surface area contributed by atoms with Crippen LogP contribution >= 0.6 is 15.9 Å². The van der Waals surface area contributed by atoms with Crippen molar-refractivity contribution in [3.05, 3.63) is 70.3 Å². The number of aromatic nitrogens is 2. The number of nitrogens with one attached hydrogen (secondary N) is 1. The van der Waals surface area contributed by atoms with Gasteiger partial charge in [0.2, 0.25) is 5.95 Å². The Morgan fingerprint density at radius 3 is 2.71 bits per heavy atom. The highest BCUT2D eigenvalue weighted by Crippen LogP contribution is 2.33. The van der Waals surface area contributed by atoms with E-state index in [1.807, 2.05) is 37.3 Å². The highest BCUT2D eigenvalue weighted by atomic mass is 79.9. The molecule has 2 aromatic carbocycles. The third-order valence-corrected chi connectivity index (χ3v) is 4.80. The number of para-hydroxylation sites is 2. The predicted molar refractivity (Wildman–Crippen MR) is 101 cm³/mol. The summed E-state index contributed by atoms with van der Waals surface area (Å²) in [7, 11) is 0. The fraction of sp³-hybridized carbons (Fsp3) is 0.158. The molecule has 0 radical (unpaired) electrons. The molecule has 120 valence electrons. The first-order valence-electron chi connectivity index (χ1n) is 7.93. The Hall–Kier alpha value is -2.40. The number of hydrogen-bond acceptors (Lipinski definition) is 4. The lowest BCUT2D eigenvalue weighted by molar-refractivity contribution is 0.931. The van der Waals surface area contributed by atoms with Crippen LogP contribution in [0.4, 0.5) is 23.1 Å². The van der Waals surface area contributed by atoms with Gasteiger partial charge in [0, 0.05) is 28.5 Å². The molecular weight excluding hydrogens is 364 g/mol. The summed E-state index contributed by atoms with van der Waals surface area (Å²) in [5.74, 6) is 1.54. The van der Waals surface area contributed by atoms with E-state index in [0.717, 1.165) is 40.6 Å². The zero-order chi connectivity index (χ0) is 16.5. The van der Waals surface area contributed by atoms with E-state index in [2.05, 4.69) is 55.4 Å². The fourth-order valence-electron chi connectivity index (χ4n) is 2.98. The molecule has 1 aliphatic rings. The summed E-state index contributed by atoms with van der Waals surface area (Å²) in [6, 6.07) is 18.4. The van der Waals surface area contributed by atoms with Gasteiger partial charge >= 0.3 is 0 Å². The van der Waals surface area contributed by atoms with Crippen LogP contribution in [0.5, 0.6) is 0 Å². The summed E-state index contributed by atoms with van der Waals surface area (Å²) < 4.78 is 1.01. The van der Waals surface area contributed by atoms with Gasteiger partial charge in [-0.3, -0.25) is 0 Å². The predicted octanol–water partition coefficient (Wildman–Crippen LogP) is 4.99. The third-order valence-electron chi connectivity index (χ3n) is 4.11. The lowest BCUT2D eigenvalue weighted by Crippen LogP contribution is -2.17. The molecule has 0 aliphatic carbocycles. The van der Waals surface area contributed by atoms with Crippen LogP contribution in [0.15, 0.2) is 59.1 Å². The summed E-state index contributed by atoms with van der Waals surface area (Å²) in [5.41, 5.74) is 4.49. The van der Waals surface area contributed by atoms with Gasteiger partial charge in [0.15, 0.2) is 0 Å². The second-order valence-corrected chi connectivity index (χ2v) is 6.68. The van der Waals surface area contributed by atoms with E-state index in [1.165, 1.54) is 11.3 Å². The van der Waals surface area contributed by atoms with Crippen molar-refractivity contribution >= 4 is 39.1 Å². The van der Waals surface area contributed by atoms with E-state index in [4.69, 9.17) is 4.98 Å². The Kier molecular flexibility index (Phi) is 3.94. The highest BCUT2D eigenvalue weighted by molar-refractivity contribution is 9.10. The molecule has 3 aromatic rings. The van der Waals surface area contributed by atoms with E-state index in [9.17, 15) is 0 Å². The molecule has 0 saturated heterocycles. The van der Waals surface area contributed by atoms with Crippen molar-refractivity contribution < 1.29 is 0 Å². The maximum absolute atomic E-state index is 4.73. The van der Waals surface area contributed by atoms with Crippen LogP contribution in [-0.4, -0.2) is 16.5 Å². The Bertz CT molecular complexity index is 894. The number of anilines is 4.